The molecule has 0 radical (unpaired) electrons. The molecule has 6 nitrogen and oxygen atoms in total. The lowest BCUT2D eigenvalue weighted by Gasteiger charge is -2.16. The van der Waals surface area contributed by atoms with Gasteiger partial charge < -0.3 is 0 Å². The summed E-state index contributed by atoms with van der Waals surface area (Å²) in [4.78, 5) is 21.7. The second-order valence-corrected chi connectivity index (χ2v) is 8.12. The number of amides is 1. The molecule has 0 atom stereocenters. The van der Waals surface area contributed by atoms with Gasteiger partial charge in [0.15, 0.2) is 0 Å². The highest BCUT2D eigenvalue weighted by Gasteiger charge is 2.22. The fourth-order valence-corrected chi connectivity index (χ4v) is 4.22. The van der Waals surface area contributed by atoms with Crippen LogP contribution in [0.4, 0.5) is 0 Å². The van der Waals surface area contributed by atoms with Gasteiger partial charge in [0.1, 0.15) is 0 Å². The number of benzene rings is 1. The van der Waals surface area contributed by atoms with Gasteiger partial charge in [-0.05, 0) is 61.2 Å². The molecule has 1 aliphatic heterocycles. The molecule has 6 heteroatoms. The van der Waals surface area contributed by atoms with Crippen molar-refractivity contribution < 1.29 is 4.79 Å². The molecule has 0 aliphatic carbocycles. The number of hydrogen-bond acceptors (Lipinski definition) is 5. The minimum absolute atomic E-state index is 0.0463. The largest absolute Gasteiger partial charge is 0.273 e. The number of carbonyl (C=O) groups excluding carboxylic acids is 1. The summed E-state index contributed by atoms with van der Waals surface area (Å²) in [7, 11) is 0. The number of aromatic nitrogens is 2. The topological polar surface area (TPSA) is 82.2 Å². The van der Waals surface area contributed by atoms with E-state index in [1.807, 2.05) is 30.3 Å². The van der Waals surface area contributed by atoms with Crippen molar-refractivity contribution in [2.24, 2.45) is 5.10 Å². The molecule has 1 amide bonds. The predicted octanol–water partition coefficient (Wildman–Crippen LogP) is 4.97. The van der Waals surface area contributed by atoms with E-state index in [0.29, 0.717) is 30.9 Å². The minimum atomic E-state index is 0.0463. The summed E-state index contributed by atoms with van der Waals surface area (Å²) in [6.45, 7) is 4.98. The Bertz CT molecular complexity index is 1210. The molecule has 1 saturated heterocycles. The zero-order valence-electron chi connectivity index (χ0n) is 18.6. The van der Waals surface area contributed by atoms with Gasteiger partial charge in [-0.1, -0.05) is 19.9 Å². The van der Waals surface area contributed by atoms with Crippen LogP contribution in [0.5, 0.6) is 0 Å². The number of nitriles is 1. The molecule has 2 aromatic heterocycles. The van der Waals surface area contributed by atoms with E-state index in [-0.39, 0.29) is 5.91 Å². The molecule has 0 spiro atoms. The maximum atomic E-state index is 12.3. The van der Waals surface area contributed by atoms with E-state index >= 15 is 0 Å². The van der Waals surface area contributed by atoms with Gasteiger partial charge in [-0.2, -0.15) is 10.4 Å². The highest BCUT2D eigenvalue weighted by molar-refractivity contribution is 6.02. The molecule has 3 aromatic rings. The fourth-order valence-electron chi connectivity index (χ4n) is 4.22. The van der Waals surface area contributed by atoms with Crippen LogP contribution in [-0.4, -0.2) is 33.1 Å². The Kier molecular flexibility index (Phi) is 6.55. The lowest BCUT2D eigenvalue weighted by Crippen LogP contribution is -2.22. The van der Waals surface area contributed by atoms with Gasteiger partial charge in [-0.15, -0.1) is 0 Å². The molecule has 0 bridgehead atoms. The molecule has 0 N–H and O–H groups in total. The Morgan fingerprint density at radius 3 is 2.78 bits per heavy atom. The van der Waals surface area contributed by atoms with E-state index in [4.69, 9.17) is 10.1 Å². The van der Waals surface area contributed by atoms with Crippen LogP contribution in [0.3, 0.4) is 0 Å². The van der Waals surface area contributed by atoms with E-state index in [1.165, 1.54) is 0 Å². The number of rotatable bonds is 7. The fraction of sp³-hybridized carbons (Fsp3) is 0.346. The Balaban J connectivity index is 1.79. The normalized spacial score (nSPS) is 14.4. The Hall–Kier alpha value is -3.59. The van der Waals surface area contributed by atoms with Crippen molar-refractivity contribution in [3.05, 3.63) is 71.2 Å². The highest BCUT2D eigenvalue weighted by atomic mass is 16.2. The third-order valence-corrected chi connectivity index (χ3v) is 6.08. The molecule has 0 saturated carbocycles. The van der Waals surface area contributed by atoms with Gasteiger partial charge in [0.25, 0.3) is 0 Å². The third-order valence-electron chi connectivity index (χ3n) is 6.08. The quantitative estimate of drug-likeness (QED) is 0.500. The maximum absolute atomic E-state index is 12.3. The summed E-state index contributed by atoms with van der Waals surface area (Å²) in [6, 6.07) is 15.7. The van der Waals surface area contributed by atoms with Gasteiger partial charge in [-0.3, -0.25) is 14.8 Å². The van der Waals surface area contributed by atoms with Crippen LogP contribution in [0, 0.1) is 11.3 Å². The Morgan fingerprint density at radius 1 is 1.22 bits per heavy atom. The van der Waals surface area contributed by atoms with E-state index in [2.05, 4.69) is 31.0 Å². The summed E-state index contributed by atoms with van der Waals surface area (Å²) < 4.78 is 0. The molecular weight excluding hydrogens is 398 g/mol. The number of hydrogen-bond donors (Lipinski definition) is 0. The number of nitrogens with zero attached hydrogens (tertiary/aromatic N) is 5. The number of fused-ring (bicyclic) bond motifs is 1. The van der Waals surface area contributed by atoms with E-state index in [9.17, 15) is 10.1 Å². The highest BCUT2D eigenvalue weighted by Crippen LogP contribution is 2.24. The van der Waals surface area contributed by atoms with Crippen molar-refractivity contribution >= 4 is 22.5 Å². The average molecular weight is 426 g/mol. The summed E-state index contributed by atoms with van der Waals surface area (Å²) in [5.74, 6) is 0.439. The van der Waals surface area contributed by atoms with Crippen LogP contribution in [0.2, 0.25) is 0 Å². The van der Waals surface area contributed by atoms with Gasteiger partial charge in [0, 0.05) is 42.6 Å². The van der Waals surface area contributed by atoms with Gasteiger partial charge in [0.2, 0.25) is 5.91 Å². The van der Waals surface area contributed by atoms with Crippen LogP contribution in [0.15, 0.2) is 53.8 Å². The molecule has 1 fully saturated rings. The first-order valence-electron chi connectivity index (χ1n) is 11.3. The molecule has 162 valence electrons. The first-order valence-corrected chi connectivity index (χ1v) is 11.3. The van der Waals surface area contributed by atoms with Gasteiger partial charge in [-0.25, -0.2) is 5.01 Å². The monoisotopic (exact) mass is 425 g/mol. The van der Waals surface area contributed by atoms with Crippen LogP contribution < -0.4 is 0 Å². The maximum Gasteiger partial charge on any atom is 0.242 e. The average Bonchev–Trinajstić information content (AvgIpc) is 3.23. The van der Waals surface area contributed by atoms with E-state index < -0.39 is 0 Å². The van der Waals surface area contributed by atoms with Crippen molar-refractivity contribution in [3.63, 3.8) is 0 Å². The van der Waals surface area contributed by atoms with Crippen LogP contribution in [0.25, 0.3) is 10.9 Å². The first-order chi connectivity index (χ1) is 15.6. The van der Waals surface area contributed by atoms with E-state index in [1.54, 1.807) is 17.3 Å². The molecule has 32 heavy (non-hydrogen) atoms. The number of pyridine rings is 2. The van der Waals surface area contributed by atoms with Crippen molar-refractivity contribution in [2.75, 3.05) is 6.54 Å². The van der Waals surface area contributed by atoms with Crippen molar-refractivity contribution in [3.8, 4) is 6.07 Å². The smallest absolute Gasteiger partial charge is 0.242 e. The molecular formula is C26H27N5O. The van der Waals surface area contributed by atoms with Gasteiger partial charge >= 0.3 is 0 Å². The summed E-state index contributed by atoms with van der Waals surface area (Å²) in [5.41, 5.74) is 5.02. The van der Waals surface area contributed by atoms with Crippen LogP contribution in [0.1, 0.15) is 68.0 Å². The number of carbonyl (C=O) groups is 1. The summed E-state index contributed by atoms with van der Waals surface area (Å²) in [5, 5.41) is 16.6. The lowest BCUT2D eigenvalue weighted by molar-refractivity contribution is -0.127. The zero-order chi connectivity index (χ0) is 22.5. The van der Waals surface area contributed by atoms with Crippen molar-refractivity contribution in [1.82, 2.24) is 15.0 Å². The second kappa shape index (κ2) is 9.69. The molecule has 0 unspecified atom stereocenters. The molecule has 1 aliphatic rings. The molecule has 1 aromatic carbocycles. The van der Waals surface area contributed by atoms with Crippen LogP contribution in [-0.2, 0) is 11.2 Å². The van der Waals surface area contributed by atoms with Crippen molar-refractivity contribution in [2.45, 2.75) is 51.9 Å². The third kappa shape index (κ3) is 4.52. The predicted molar refractivity (Wildman–Crippen MR) is 125 cm³/mol. The van der Waals surface area contributed by atoms with Crippen LogP contribution >= 0.6 is 0 Å². The standard InChI is InChI=1S/C26H27N5O/c1-3-19(4-2)22-7-5-8-24(29-22)25(30-31-14-6-9-26(31)32)16-20-12-13-28-23-11-10-18(17-27)15-21(20)23/h5,7-8,10-13,15,19H,3-4,6,9,14,16H2,1-2H3/b30-25+. The molecule has 3 heterocycles. The SMILES string of the molecule is CCC(CC)c1cccc(/C(Cc2ccnc3ccc(C#N)cc23)=N/N2CCCC2=O)n1. The first kappa shape index (κ1) is 21.6. The Labute approximate surface area is 188 Å². The minimum Gasteiger partial charge on any atom is -0.273 e. The summed E-state index contributed by atoms with van der Waals surface area (Å²) >= 11 is 0. The second-order valence-electron chi connectivity index (χ2n) is 8.12. The summed E-state index contributed by atoms with van der Waals surface area (Å²) in [6.07, 6.45) is 5.67. The lowest BCUT2D eigenvalue weighted by atomic mass is 9.97. The molecule has 4 rings (SSSR count). The number of hydrazone groups is 1. The Morgan fingerprint density at radius 2 is 2.06 bits per heavy atom. The van der Waals surface area contributed by atoms with E-state index in [0.717, 1.165) is 52.8 Å². The van der Waals surface area contributed by atoms with Crippen molar-refractivity contribution in [1.29, 1.82) is 5.26 Å². The zero-order valence-corrected chi connectivity index (χ0v) is 18.6. The van der Waals surface area contributed by atoms with Gasteiger partial charge in [0.05, 0.1) is 28.6 Å².